The summed E-state index contributed by atoms with van der Waals surface area (Å²) < 4.78 is 0. The van der Waals surface area contributed by atoms with Crippen LogP contribution < -0.4 is 0 Å². The Morgan fingerprint density at radius 3 is 2.84 bits per heavy atom. The molecule has 0 bridgehead atoms. The van der Waals surface area contributed by atoms with E-state index in [9.17, 15) is 4.79 Å². The Morgan fingerprint density at radius 1 is 1.16 bits per heavy atom. The largest absolute Gasteiger partial charge is 0.285 e. The lowest BCUT2D eigenvalue weighted by molar-refractivity contribution is -0.124. The molecule has 1 aliphatic carbocycles. The molecule has 2 fully saturated rings. The molecule has 5 heteroatoms. The number of rotatable bonds is 3. The van der Waals surface area contributed by atoms with Gasteiger partial charge in [-0.15, -0.1) is 5.10 Å². The number of hydrogen-bond acceptors (Lipinski definition) is 4. The van der Waals surface area contributed by atoms with Crippen molar-refractivity contribution in [2.75, 3.05) is 5.75 Å². The zero-order chi connectivity index (χ0) is 17.2. The average molecular weight is 351 g/mol. The number of benzene rings is 2. The summed E-state index contributed by atoms with van der Waals surface area (Å²) in [6.07, 6.45) is 3.41. The summed E-state index contributed by atoms with van der Waals surface area (Å²) in [5.41, 5.74) is 2.31. The summed E-state index contributed by atoms with van der Waals surface area (Å²) >= 11 is 1.49. The topological polar surface area (TPSA) is 45.0 Å². The van der Waals surface area contributed by atoms with Crippen molar-refractivity contribution in [2.45, 2.75) is 32.7 Å². The number of fused-ring (bicyclic) bond motifs is 1. The van der Waals surface area contributed by atoms with Crippen LogP contribution in [0.4, 0.5) is 0 Å². The molecule has 0 spiro atoms. The van der Waals surface area contributed by atoms with Crippen molar-refractivity contribution in [3.8, 4) is 0 Å². The highest BCUT2D eigenvalue weighted by Gasteiger charge is 2.29. The molecule has 1 heterocycles. The van der Waals surface area contributed by atoms with E-state index in [0.717, 1.165) is 22.9 Å². The Morgan fingerprint density at radius 2 is 2.00 bits per heavy atom. The van der Waals surface area contributed by atoms with Gasteiger partial charge < -0.3 is 0 Å². The average Bonchev–Trinajstić information content (AvgIpc) is 3.20. The molecule has 0 aromatic heterocycles. The number of carbonyl (C=O) groups excluding carboxylic acids is 1. The molecule has 128 valence electrons. The fourth-order valence-electron chi connectivity index (χ4n) is 3.49. The fourth-order valence-corrected chi connectivity index (χ4v) is 4.32. The zero-order valence-corrected chi connectivity index (χ0v) is 15.1. The van der Waals surface area contributed by atoms with Gasteiger partial charge in [-0.05, 0) is 41.5 Å². The molecule has 1 saturated carbocycles. The van der Waals surface area contributed by atoms with Crippen molar-refractivity contribution >= 4 is 39.3 Å². The van der Waals surface area contributed by atoms with Gasteiger partial charge in [0, 0.05) is 5.71 Å². The van der Waals surface area contributed by atoms with Gasteiger partial charge in [0.1, 0.15) is 0 Å². The van der Waals surface area contributed by atoms with E-state index in [0.29, 0.717) is 18.2 Å². The first kappa shape index (κ1) is 16.3. The summed E-state index contributed by atoms with van der Waals surface area (Å²) in [6, 6.07) is 14.5. The highest BCUT2D eigenvalue weighted by molar-refractivity contribution is 8.15. The first-order chi connectivity index (χ1) is 12.2. The normalized spacial score (nSPS) is 24.1. The Kier molecular flexibility index (Phi) is 4.57. The van der Waals surface area contributed by atoms with Crippen LogP contribution in [-0.4, -0.2) is 27.4 Å². The molecule has 4 nitrogen and oxygen atoms in total. The van der Waals surface area contributed by atoms with E-state index in [4.69, 9.17) is 0 Å². The van der Waals surface area contributed by atoms with Gasteiger partial charge in [0.25, 0.3) is 0 Å². The molecule has 2 aromatic carbocycles. The molecule has 2 aromatic rings. The fraction of sp³-hybridized carbons (Fsp3) is 0.350. The minimum absolute atomic E-state index is 0.108. The predicted molar refractivity (Wildman–Crippen MR) is 105 cm³/mol. The van der Waals surface area contributed by atoms with E-state index in [-0.39, 0.29) is 5.91 Å². The standard InChI is InChI=1S/C20H21N3OS/c1-14-6-4-11-18(14)21-22-20-23(19(24)13-25-20)12-16-9-5-8-15-7-2-3-10-17(15)16/h2-3,5,7-10,14H,4,6,11-13H2,1H3/b21-18+,22-20-. The zero-order valence-electron chi connectivity index (χ0n) is 14.3. The molecular formula is C20H21N3OS. The summed E-state index contributed by atoms with van der Waals surface area (Å²) in [5, 5.41) is 12.0. The van der Waals surface area contributed by atoms with Gasteiger partial charge in [0.2, 0.25) is 5.91 Å². The summed E-state index contributed by atoms with van der Waals surface area (Å²) in [4.78, 5) is 14.1. The van der Waals surface area contributed by atoms with Gasteiger partial charge in [-0.2, -0.15) is 5.10 Å². The maximum Gasteiger partial charge on any atom is 0.239 e. The van der Waals surface area contributed by atoms with Crippen LogP contribution in [0.2, 0.25) is 0 Å². The number of thioether (sulfide) groups is 1. The quantitative estimate of drug-likeness (QED) is 0.767. The second-order valence-electron chi connectivity index (χ2n) is 6.67. The van der Waals surface area contributed by atoms with Gasteiger partial charge in [-0.3, -0.25) is 9.69 Å². The highest BCUT2D eigenvalue weighted by atomic mass is 32.2. The number of amidine groups is 1. The van der Waals surface area contributed by atoms with Gasteiger partial charge in [-0.1, -0.05) is 61.2 Å². The van der Waals surface area contributed by atoms with Crippen LogP contribution in [0.1, 0.15) is 31.7 Å². The van der Waals surface area contributed by atoms with E-state index < -0.39 is 0 Å². The predicted octanol–water partition coefficient (Wildman–Crippen LogP) is 4.45. The lowest BCUT2D eigenvalue weighted by Crippen LogP contribution is -2.29. The second-order valence-corrected chi connectivity index (χ2v) is 7.62. The minimum Gasteiger partial charge on any atom is -0.285 e. The van der Waals surface area contributed by atoms with Gasteiger partial charge >= 0.3 is 0 Å². The van der Waals surface area contributed by atoms with E-state index in [1.165, 1.54) is 35.4 Å². The van der Waals surface area contributed by atoms with Crippen molar-refractivity contribution < 1.29 is 4.79 Å². The first-order valence-electron chi connectivity index (χ1n) is 8.76. The monoisotopic (exact) mass is 351 g/mol. The van der Waals surface area contributed by atoms with Crippen molar-refractivity contribution in [3.05, 3.63) is 48.0 Å². The third-order valence-electron chi connectivity index (χ3n) is 4.97. The molecule has 4 rings (SSSR count). The van der Waals surface area contributed by atoms with Gasteiger partial charge in [-0.25, -0.2) is 0 Å². The summed E-state index contributed by atoms with van der Waals surface area (Å²) in [5.74, 6) is 1.07. The first-order valence-corrected chi connectivity index (χ1v) is 9.75. The van der Waals surface area contributed by atoms with E-state index in [2.05, 4.69) is 41.4 Å². The molecule has 1 unspecified atom stereocenters. The summed E-state index contributed by atoms with van der Waals surface area (Å²) in [7, 11) is 0. The molecule has 1 atom stereocenters. The molecule has 2 aliphatic rings. The molecular weight excluding hydrogens is 330 g/mol. The SMILES string of the molecule is CC1CCC/C1=N\N=C1/SCC(=O)N1Cc1cccc2ccccc12. The molecule has 0 N–H and O–H groups in total. The van der Waals surface area contributed by atoms with Crippen molar-refractivity contribution in [2.24, 2.45) is 16.1 Å². The van der Waals surface area contributed by atoms with Crippen LogP contribution in [0.15, 0.2) is 52.7 Å². The van der Waals surface area contributed by atoms with Crippen LogP contribution in [0.5, 0.6) is 0 Å². The number of nitrogens with zero attached hydrogens (tertiary/aromatic N) is 3. The molecule has 1 aliphatic heterocycles. The van der Waals surface area contributed by atoms with Crippen LogP contribution in [0.25, 0.3) is 10.8 Å². The van der Waals surface area contributed by atoms with E-state index in [1.807, 2.05) is 18.2 Å². The van der Waals surface area contributed by atoms with E-state index >= 15 is 0 Å². The maximum atomic E-state index is 12.4. The van der Waals surface area contributed by atoms with Gasteiger partial charge in [0.05, 0.1) is 12.3 Å². The maximum absolute atomic E-state index is 12.4. The Balaban J connectivity index is 1.62. The minimum atomic E-state index is 0.108. The van der Waals surface area contributed by atoms with Crippen LogP contribution in [-0.2, 0) is 11.3 Å². The molecule has 1 saturated heterocycles. The van der Waals surface area contributed by atoms with Crippen LogP contribution >= 0.6 is 11.8 Å². The number of hydrogen-bond donors (Lipinski definition) is 0. The van der Waals surface area contributed by atoms with E-state index in [1.54, 1.807) is 4.90 Å². The lowest BCUT2D eigenvalue weighted by Gasteiger charge is -2.16. The third kappa shape index (κ3) is 3.33. The number of amides is 1. The molecule has 1 amide bonds. The summed E-state index contributed by atoms with van der Waals surface area (Å²) in [6.45, 7) is 2.75. The smallest absolute Gasteiger partial charge is 0.239 e. The van der Waals surface area contributed by atoms with Crippen molar-refractivity contribution in [3.63, 3.8) is 0 Å². The molecule has 25 heavy (non-hydrogen) atoms. The Labute approximate surface area is 152 Å². The number of carbonyl (C=O) groups is 1. The van der Waals surface area contributed by atoms with Crippen LogP contribution in [0.3, 0.4) is 0 Å². The van der Waals surface area contributed by atoms with Crippen LogP contribution in [0, 0.1) is 5.92 Å². The Bertz CT molecular complexity index is 869. The molecule has 0 radical (unpaired) electrons. The Hall–Kier alpha value is -2.14. The third-order valence-corrected chi connectivity index (χ3v) is 5.92. The van der Waals surface area contributed by atoms with Gasteiger partial charge in [0.15, 0.2) is 5.17 Å². The lowest BCUT2D eigenvalue weighted by atomic mass is 10.0. The highest BCUT2D eigenvalue weighted by Crippen LogP contribution is 2.27. The van der Waals surface area contributed by atoms with Crippen molar-refractivity contribution in [1.29, 1.82) is 0 Å². The second kappa shape index (κ2) is 7.00. The van der Waals surface area contributed by atoms with Crippen molar-refractivity contribution in [1.82, 2.24) is 4.90 Å².